The van der Waals surface area contributed by atoms with Crippen LogP contribution >= 0.6 is 0 Å². The summed E-state index contributed by atoms with van der Waals surface area (Å²) < 4.78 is 11.3. The Morgan fingerprint density at radius 2 is 2.08 bits per heavy atom. The molecule has 140 valence electrons. The van der Waals surface area contributed by atoms with E-state index in [1.165, 1.54) is 12.8 Å². The second-order valence-corrected chi connectivity index (χ2v) is 7.29. The van der Waals surface area contributed by atoms with E-state index in [2.05, 4.69) is 23.7 Å². The topological polar surface area (TPSA) is 47.5 Å². The minimum Gasteiger partial charge on any atom is -0.497 e. The van der Waals surface area contributed by atoms with Crippen molar-refractivity contribution < 1.29 is 9.47 Å². The van der Waals surface area contributed by atoms with Crippen LogP contribution in [0.25, 0.3) is 0 Å². The molecule has 0 unspecified atom stereocenters. The highest BCUT2D eigenvalue weighted by molar-refractivity contribution is 5.32. The third-order valence-corrected chi connectivity index (χ3v) is 4.76. The van der Waals surface area contributed by atoms with Crippen LogP contribution in [0.15, 0.2) is 36.5 Å². The van der Waals surface area contributed by atoms with Gasteiger partial charge in [0.15, 0.2) is 0 Å². The van der Waals surface area contributed by atoms with Crippen LogP contribution in [0.4, 0.5) is 0 Å². The molecule has 1 aromatic carbocycles. The zero-order valence-corrected chi connectivity index (χ0v) is 16.0. The van der Waals surface area contributed by atoms with Crippen molar-refractivity contribution in [3.8, 4) is 11.5 Å². The smallest absolute Gasteiger partial charge is 0.131 e. The van der Waals surface area contributed by atoms with Gasteiger partial charge in [0.1, 0.15) is 17.3 Å². The van der Waals surface area contributed by atoms with Gasteiger partial charge >= 0.3 is 0 Å². The van der Waals surface area contributed by atoms with E-state index in [9.17, 15) is 0 Å². The molecule has 0 saturated carbocycles. The Morgan fingerprint density at radius 1 is 1.23 bits per heavy atom. The lowest BCUT2D eigenvalue weighted by Gasteiger charge is -2.32. The highest BCUT2D eigenvalue weighted by Gasteiger charge is 2.21. The zero-order chi connectivity index (χ0) is 18.4. The fourth-order valence-corrected chi connectivity index (χ4v) is 3.34. The van der Waals surface area contributed by atoms with Crippen LogP contribution in [-0.2, 0) is 6.54 Å². The van der Waals surface area contributed by atoms with Gasteiger partial charge in [-0.15, -0.1) is 0 Å². The molecule has 2 aromatic rings. The third-order valence-electron chi connectivity index (χ3n) is 4.76. The Hall–Kier alpha value is -2.14. The summed E-state index contributed by atoms with van der Waals surface area (Å²) in [6.45, 7) is 8.06. The molecule has 5 nitrogen and oxygen atoms in total. The van der Waals surface area contributed by atoms with E-state index in [0.29, 0.717) is 11.8 Å². The predicted molar refractivity (Wildman–Crippen MR) is 103 cm³/mol. The van der Waals surface area contributed by atoms with Crippen molar-refractivity contribution >= 4 is 0 Å². The van der Waals surface area contributed by atoms with E-state index < -0.39 is 0 Å². The van der Waals surface area contributed by atoms with Crippen LogP contribution in [0.5, 0.6) is 11.5 Å². The molecule has 0 radical (unpaired) electrons. The van der Waals surface area contributed by atoms with Gasteiger partial charge < -0.3 is 9.47 Å². The quantitative estimate of drug-likeness (QED) is 0.754. The molecule has 0 aliphatic carbocycles. The number of piperidine rings is 1. The lowest BCUT2D eigenvalue weighted by atomic mass is 9.99. The number of rotatable bonds is 7. The molecule has 1 aliphatic rings. The van der Waals surface area contributed by atoms with E-state index in [4.69, 9.17) is 14.5 Å². The van der Waals surface area contributed by atoms with Crippen molar-refractivity contribution in [3.05, 3.63) is 48.0 Å². The molecule has 0 bridgehead atoms. The molecule has 2 heterocycles. The first-order valence-electron chi connectivity index (χ1n) is 9.45. The largest absolute Gasteiger partial charge is 0.497 e. The third kappa shape index (κ3) is 5.18. The Morgan fingerprint density at radius 3 is 2.88 bits per heavy atom. The van der Waals surface area contributed by atoms with Crippen LogP contribution in [0.2, 0.25) is 0 Å². The lowest BCUT2D eigenvalue weighted by molar-refractivity contribution is 0.124. The Bertz CT molecular complexity index is 705. The van der Waals surface area contributed by atoms with Gasteiger partial charge in [0.05, 0.1) is 19.4 Å². The number of hydrogen-bond acceptors (Lipinski definition) is 5. The monoisotopic (exact) mass is 355 g/mol. The normalized spacial score (nSPS) is 18.1. The van der Waals surface area contributed by atoms with E-state index in [1.807, 2.05) is 36.5 Å². The van der Waals surface area contributed by atoms with E-state index in [-0.39, 0.29) is 0 Å². The van der Waals surface area contributed by atoms with E-state index in [0.717, 1.165) is 49.3 Å². The van der Waals surface area contributed by atoms with Gasteiger partial charge in [0.2, 0.25) is 0 Å². The fourth-order valence-electron chi connectivity index (χ4n) is 3.34. The molecular formula is C21H29N3O2. The summed E-state index contributed by atoms with van der Waals surface area (Å²) >= 11 is 0. The maximum Gasteiger partial charge on any atom is 0.131 e. The number of likely N-dealkylation sites (tertiary alicyclic amines) is 1. The summed E-state index contributed by atoms with van der Waals surface area (Å²) in [7, 11) is 1.68. The SMILES string of the molecule is COc1cccc(OC[C@H]2CCCN(Cc3ccnc(C(C)C)n3)C2)c1. The average molecular weight is 355 g/mol. The van der Waals surface area contributed by atoms with E-state index in [1.54, 1.807) is 7.11 Å². The van der Waals surface area contributed by atoms with Gasteiger partial charge in [-0.3, -0.25) is 4.90 Å². The maximum absolute atomic E-state index is 6.00. The molecule has 0 N–H and O–H groups in total. The molecule has 0 spiro atoms. The molecule has 3 rings (SSSR count). The average Bonchev–Trinajstić information content (AvgIpc) is 2.67. The van der Waals surface area contributed by atoms with Gasteiger partial charge in [0, 0.05) is 37.2 Å². The Labute approximate surface area is 156 Å². The van der Waals surface area contributed by atoms with Crippen molar-refractivity contribution in [3.63, 3.8) is 0 Å². The summed E-state index contributed by atoms with van der Waals surface area (Å²) in [5.41, 5.74) is 1.11. The van der Waals surface area contributed by atoms with Crippen LogP contribution in [-0.4, -0.2) is 41.7 Å². The zero-order valence-electron chi connectivity index (χ0n) is 16.0. The van der Waals surface area contributed by atoms with Crippen molar-refractivity contribution in [2.75, 3.05) is 26.8 Å². The van der Waals surface area contributed by atoms with Crippen LogP contribution in [0.1, 0.15) is 44.1 Å². The summed E-state index contributed by atoms with van der Waals surface area (Å²) in [6, 6.07) is 9.85. The number of nitrogens with zero attached hydrogens (tertiary/aromatic N) is 3. The van der Waals surface area contributed by atoms with Gasteiger partial charge in [-0.2, -0.15) is 0 Å². The first-order valence-corrected chi connectivity index (χ1v) is 9.45. The van der Waals surface area contributed by atoms with Gasteiger partial charge in [-0.1, -0.05) is 19.9 Å². The first kappa shape index (κ1) is 18.6. The standard InChI is InChI=1S/C21H29N3O2/c1-16(2)21-22-10-9-18(23-21)14-24-11-5-6-17(13-24)15-26-20-8-4-7-19(12-20)25-3/h4,7-10,12,16-17H,5-6,11,13-15H2,1-3H3/t17-/m0/s1. The molecule has 0 amide bonds. The van der Waals surface area contributed by atoms with Gasteiger partial charge in [-0.05, 0) is 37.6 Å². The number of hydrogen-bond donors (Lipinski definition) is 0. The minimum atomic E-state index is 0.361. The van der Waals surface area contributed by atoms with Crippen LogP contribution in [0, 0.1) is 5.92 Å². The number of aromatic nitrogens is 2. The van der Waals surface area contributed by atoms with E-state index >= 15 is 0 Å². The van der Waals surface area contributed by atoms with Gasteiger partial charge in [-0.25, -0.2) is 9.97 Å². The molecule has 26 heavy (non-hydrogen) atoms. The molecule has 1 saturated heterocycles. The summed E-state index contributed by atoms with van der Waals surface area (Å²) in [5, 5.41) is 0. The molecule has 1 aromatic heterocycles. The molecule has 5 heteroatoms. The Balaban J connectivity index is 1.53. The minimum absolute atomic E-state index is 0.361. The first-order chi connectivity index (χ1) is 12.6. The van der Waals surface area contributed by atoms with Crippen molar-refractivity contribution in [1.82, 2.24) is 14.9 Å². The molecule has 1 fully saturated rings. The summed E-state index contributed by atoms with van der Waals surface area (Å²) in [5.74, 6) is 3.54. The second-order valence-electron chi connectivity index (χ2n) is 7.29. The molecular weight excluding hydrogens is 326 g/mol. The maximum atomic E-state index is 6.00. The number of ether oxygens (including phenoxy) is 2. The van der Waals surface area contributed by atoms with Crippen molar-refractivity contribution in [2.45, 2.75) is 39.2 Å². The summed E-state index contributed by atoms with van der Waals surface area (Å²) in [4.78, 5) is 11.6. The second kappa shape index (κ2) is 8.99. The van der Waals surface area contributed by atoms with Crippen LogP contribution in [0.3, 0.4) is 0 Å². The number of benzene rings is 1. The van der Waals surface area contributed by atoms with Gasteiger partial charge in [0.25, 0.3) is 0 Å². The Kier molecular flexibility index (Phi) is 6.45. The van der Waals surface area contributed by atoms with Crippen molar-refractivity contribution in [1.29, 1.82) is 0 Å². The molecule has 1 aliphatic heterocycles. The number of methoxy groups -OCH3 is 1. The van der Waals surface area contributed by atoms with Crippen molar-refractivity contribution in [2.24, 2.45) is 5.92 Å². The van der Waals surface area contributed by atoms with Crippen LogP contribution < -0.4 is 9.47 Å². The summed E-state index contributed by atoms with van der Waals surface area (Å²) in [6.07, 6.45) is 4.29. The highest BCUT2D eigenvalue weighted by atomic mass is 16.5. The highest BCUT2D eigenvalue weighted by Crippen LogP contribution is 2.23. The fraction of sp³-hybridized carbons (Fsp3) is 0.524. The molecule has 1 atom stereocenters. The predicted octanol–water partition coefficient (Wildman–Crippen LogP) is 3.90. The lowest BCUT2D eigenvalue weighted by Crippen LogP contribution is -2.37.